The molecule has 1 atom stereocenters. The highest BCUT2D eigenvalue weighted by Gasteiger charge is 2.15. The molecule has 0 saturated carbocycles. The van der Waals surface area contributed by atoms with Crippen molar-refractivity contribution in [2.45, 2.75) is 13.0 Å². The number of aromatic nitrogens is 1. The quantitative estimate of drug-likeness (QED) is 0.767. The van der Waals surface area contributed by atoms with E-state index >= 15 is 0 Å². The number of hydrogen-bond donors (Lipinski definition) is 1. The number of rotatable bonds is 4. The molecule has 1 unspecified atom stereocenters. The molecular formula is C15H14Br2N2O2. The Morgan fingerprint density at radius 3 is 2.71 bits per heavy atom. The maximum Gasteiger partial charge on any atom is 0.254 e. The first-order valence-corrected chi connectivity index (χ1v) is 7.86. The summed E-state index contributed by atoms with van der Waals surface area (Å²) in [6, 6.07) is 9.04. The standard InChI is InChI=1S/C15H14Br2N2O2/c1-9(10-5-6-13(21-2)12(16)8-10)19-15(20)11-4-3-7-18-14(11)17/h3-9H,1-2H3,(H,19,20). The number of pyridine rings is 1. The third-order valence-electron chi connectivity index (χ3n) is 3.03. The van der Waals surface area contributed by atoms with E-state index in [1.807, 2.05) is 25.1 Å². The molecule has 6 heteroatoms. The second-order valence-electron chi connectivity index (χ2n) is 4.43. The van der Waals surface area contributed by atoms with E-state index in [0.717, 1.165) is 15.8 Å². The molecule has 110 valence electrons. The molecule has 4 nitrogen and oxygen atoms in total. The van der Waals surface area contributed by atoms with Crippen LogP contribution in [-0.2, 0) is 0 Å². The third-order valence-corrected chi connectivity index (χ3v) is 4.28. The number of methoxy groups -OCH3 is 1. The Morgan fingerprint density at radius 1 is 1.33 bits per heavy atom. The van der Waals surface area contributed by atoms with Gasteiger partial charge in [0.25, 0.3) is 5.91 Å². The Bertz CT molecular complexity index is 662. The molecule has 0 aliphatic rings. The maximum atomic E-state index is 12.2. The van der Waals surface area contributed by atoms with Crippen LogP contribution in [-0.4, -0.2) is 18.0 Å². The number of benzene rings is 1. The van der Waals surface area contributed by atoms with Gasteiger partial charge in [0.05, 0.1) is 23.2 Å². The Balaban J connectivity index is 2.14. The largest absolute Gasteiger partial charge is 0.496 e. The second kappa shape index (κ2) is 7.04. The molecule has 2 aromatic rings. The molecule has 1 aromatic heterocycles. The number of ether oxygens (including phenoxy) is 1. The number of nitrogens with one attached hydrogen (secondary N) is 1. The van der Waals surface area contributed by atoms with E-state index in [1.54, 1.807) is 25.4 Å². The van der Waals surface area contributed by atoms with Crippen LogP contribution < -0.4 is 10.1 Å². The molecule has 1 aromatic carbocycles. The highest BCUT2D eigenvalue weighted by Crippen LogP contribution is 2.28. The summed E-state index contributed by atoms with van der Waals surface area (Å²) in [6.45, 7) is 1.93. The van der Waals surface area contributed by atoms with Crippen molar-refractivity contribution in [3.8, 4) is 5.75 Å². The monoisotopic (exact) mass is 412 g/mol. The number of nitrogens with zero attached hydrogens (tertiary/aromatic N) is 1. The van der Waals surface area contributed by atoms with Gasteiger partial charge >= 0.3 is 0 Å². The summed E-state index contributed by atoms with van der Waals surface area (Å²) in [7, 11) is 1.62. The van der Waals surface area contributed by atoms with Crippen LogP contribution in [0.25, 0.3) is 0 Å². The van der Waals surface area contributed by atoms with Crippen LogP contribution in [0, 0.1) is 0 Å². The molecule has 1 N–H and O–H groups in total. The summed E-state index contributed by atoms with van der Waals surface area (Å²) in [5.74, 6) is 0.585. The Labute approximate surface area is 140 Å². The van der Waals surface area contributed by atoms with Crippen molar-refractivity contribution in [2.75, 3.05) is 7.11 Å². The lowest BCUT2D eigenvalue weighted by molar-refractivity contribution is 0.0938. The summed E-state index contributed by atoms with van der Waals surface area (Å²) in [6.07, 6.45) is 1.63. The molecule has 0 aliphatic carbocycles. The zero-order chi connectivity index (χ0) is 15.4. The number of carbonyl (C=O) groups is 1. The SMILES string of the molecule is COc1ccc(C(C)NC(=O)c2cccnc2Br)cc1Br. The first-order chi connectivity index (χ1) is 10.0. The zero-order valence-corrected chi connectivity index (χ0v) is 14.7. The minimum Gasteiger partial charge on any atom is -0.496 e. The molecule has 0 aliphatic heterocycles. The van der Waals surface area contributed by atoms with Crippen LogP contribution in [0.1, 0.15) is 28.9 Å². The number of carbonyl (C=O) groups excluding carboxylic acids is 1. The molecule has 1 amide bonds. The average Bonchev–Trinajstić information content (AvgIpc) is 2.47. The molecule has 0 saturated heterocycles. The fourth-order valence-electron chi connectivity index (χ4n) is 1.87. The molecule has 21 heavy (non-hydrogen) atoms. The van der Waals surface area contributed by atoms with Crippen molar-refractivity contribution in [1.29, 1.82) is 0 Å². The van der Waals surface area contributed by atoms with Crippen molar-refractivity contribution >= 4 is 37.8 Å². The third kappa shape index (κ3) is 3.83. The van der Waals surface area contributed by atoms with Crippen molar-refractivity contribution in [2.24, 2.45) is 0 Å². The minimum atomic E-state index is -0.172. The maximum absolute atomic E-state index is 12.2. The summed E-state index contributed by atoms with van der Waals surface area (Å²) in [5.41, 5.74) is 1.49. The highest BCUT2D eigenvalue weighted by molar-refractivity contribution is 9.10. The lowest BCUT2D eigenvalue weighted by Crippen LogP contribution is -2.27. The average molecular weight is 414 g/mol. The van der Waals surface area contributed by atoms with Crippen LogP contribution >= 0.6 is 31.9 Å². The number of hydrogen-bond acceptors (Lipinski definition) is 3. The van der Waals surface area contributed by atoms with Gasteiger partial charge in [-0.15, -0.1) is 0 Å². The summed E-state index contributed by atoms with van der Waals surface area (Å²) in [5, 5.41) is 2.95. The predicted octanol–water partition coefficient (Wildman–Crippen LogP) is 4.11. The van der Waals surface area contributed by atoms with E-state index in [1.165, 1.54) is 0 Å². The first-order valence-electron chi connectivity index (χ1n) is 6.27. The summed E-state index contributed by atoms with van der Waals surface area (Å²) in [4.78, 5) is 16.3. The smallest absolute Gasteiger partial charge is 0.254 e. The van der Waals surface area contributed by atoms with Crippen LogP contribution in [0.2, 0.25) is 0 Å². The van der Waals surface area contributed by atoms with Gasteiger partial charge in [-0.05, 0) is 68.6 Å². The topological polar surface area (TPSA) is 51.2 Å². The van der Waals surface area contributed by atoms with E-state index in [4.69, 9.17) is 4.74 Å². The molecular weight excluding hydrogens is 400 g/mol. The van der Waals surface area contributed by atoms with Crippen LogP contribution in [0.4, 0.5) is 0 Å². The predicted molar refractivity (Wildman–Crippen MR) is 88.5 cm³/mol. The lowest BCUT2D eigenvalue weighted by Gasteiger charge is -2.16. The normalized spacial score (nSPS) is 11.8. The van der Waals surface area contributed by atoms with Gasteiger partial charge in [0, 0.05) is 6.20 Å². The molecule has 0 fully saturated rings. The van der Waals surface area contributed by atoms with Gasteiger partial charge < -0.3 is 10.1 Å². The fraction of sp³-hybridized carbons (Fsp3) is 0.200. The van der Waals surface area contributed by atoms with Crippen molar-refractivity contribution < 1.29 is 9.53 Å². The Morgan fingerprint density at radius 2 is 2.10 bits per heavy atom. The number of amides is 1. The van der Waals surface area contributed by atoms with Crippen molar-refractivity contribution in [1.82, 2.24) is 10.3 Å². The van der Waals surface area contributed by atoms with Gasteiger partial charge in [-0.25, -0.2) is 4.98 Å². The first kappa shape index (κ1) is 16.0. The van der Waals surface area contributed by atoms with E-state index in [2.05, 4.69) is 42.2 Å². The van der Waals surface area contributed by atoms with E-state index < -0.39 is 0 Å². The molecule has 0 bridgehead atoms. The van der Waals surface area contributed by atoms with E-state index in [0.29, 0.717) is 10.2 Å². The van der Waals surface area contributed by atoms with Crippen molar-refractivity contribution in [3.05, 3.63) is 56.7 Å². The summed E-state index contributed by atoms with van der Waals surface area (Å²) < 4.78 is 6.58. The van der Waals surface area contributed by atoms with E-state index in [-0.39, 0.29) is 11.9 Å². The Hall–Kier alpha value is -1.40. The van der Waals surface area contributed by atoms with Gasteiger partial charge in [0.1, 0.15) is 10.4 Å². The zero-order valence-electron chi connectivity index (χ0n) is 11.6. The van der Waals surface area contributed by atoms with Crippen LogP contribution in [0.3, 0.4) is 0 Å². The van der Waals surface area contributed by atoms with Crippen LogP contribution in [0.5, 0.6) is 5.75 Å². The summed E-state index contributed by atoms with van der Waals surface area (Å²) >= 11 is 6.72. The fourth-order valence-corrected chi connectivity index (χ4v) is 2.85. The molecule has 0 radical (unpaired) electrons. The minimum absolute atomic E-state index is 0.133. The molecule has 0 spiro atoms. The van der Waals surface area contributed by atoms with Crippen molar-refractivity contribution in [3.63, 3.8) is 0 Å². The molecule has 1 heterocycles. The van der Waals surface area contributed by atoms with Gasteiger partial charge in [0.2, 0.25) is 0 Å². The van der Waals surface area contributed by atoms with Gasteiger partial charge in [-0.1, -0.05) is 6.07 Å². The second-order valence-corrected chi connectivity index (χ2v) is 6.04. The number of halogens is 2. The van der Waals surface area contributed by atoms with E-state index in [9.17, 15) is 4.79 Å². The Kier molecular flexibility index (Phi) is 5.36. The van der Waals surface area contributed by atoms with Gasteiger partial charge in [-0.3, -0.25) is 4.79 Å². The molecule has 2 rings (SSSR count). The lowest BCUT2D eigenvalue weighted by atomic mass is 10.1. The highest BCUT2D eigenvalue weighted by atomic mass is 79.9. The van der Waals surface area contributed by atoms with Crippen LogP contribution in [0.15, 0.2) is 45.6 Å². The van der Waals surface area contributed by atoms with Gasteiger partial charge in [-0.2, -0.15) is 0 Å². The van der Waals surface area contributed by atoms with Gasteiger partial charge in [0.15, 0.2) is 0 Å².